The zero-order valence-corrected chi connectivity index (χ0v) is 14.2. The van der Waals surface area contributed by atoms with Gasteiger partial charge in [-0.3, -0.25) is 4.79 Å². The summed E-state index contributed by atoms with van der Waals surface area (Å²) < 4.78 is 41.8. The molecule has 2 N–H and O–H groups in total. The smallest absolute Gasteiger partial charge is 0.304 e. The van der Waals surface area contributed by atoms with E-state index in [0.29, 0.717) is 5.56 Å². The van der Waals surface area contributed by atoms with Crippen molar-refractivity contribution in [1.82, 2.24) is 5.32 Å². The summed E-state index contributed by atoms with van der Waals surface area (Å²) in [5.74, 6) is -0.386. The highest BCUT2D eigenvalue weighted by molar-refractivity contribution is 5.77. The third-order valence-electron chi connectivity index (χ3n) is 3.56. The first kappa shape index (κ1) is 20.3. The van der Waals surface area contributed by atoms with Crippen LogP contribution in [0.2, 0.25) is 0 Å². The van der Waals surface area contributed by atoms with Crippen molar-refractivity contribution < 1.29 is 27.8 Å². The molecular formula is C17H24F3NO3. The number of rotatable bonds is 7. The molecule has 3 atom stereocenters. The largest absolute Gasteiger partial charge is 0.454 e. The number of ether oxygens (including phenoxy) is 1. The van der Waals surface area contributed by atoms with Crippen LogP contribution in [0.25, 0.3) is 0 Å². The molecule has 0 bridgehead atoms. The van der Waals surface area contributed by atoms with Gasteiger partial charge in [0.25, 0.3) is 6.36 Å². The predicted molar refractivity (Wildman–Crippen MR) is 84.6 cm³/mol. The van der Waals surface area contributed by atoms with E-state index in [9.17, 15) is 23.1 Å². The second-order valence-corrected chi connectivity index (χ2v) is 6.75. The molecule has 0 aliphatic heterocycles. The monoisotopic (exact) mass is 347 g/mol. The molecule has 24 heavy (non-hydrogen) atoms. The van der Waals surface area contributed by atoms with Crippen LogP contribution in [0, 0.1) is 5.41 Å². The number of amides is 1. The Morgan fingerprint density at radius 1 is 1.29 bits per heavy atom. The third-order valence-corrected chi connectivity index (χ3v) is 3.56. The van der Waals surface area contributed by atoms with Gasteiger partial charge in [0.2, 0.25) is 5.91 Å². The number of hydrogen-bond donors (Lipinski definition) is 2. The van der Waals surface area contributed by atoms with E-state index in [4.69, 9.17) is 0 Å². The van der Waals surface area contributed by atoms with Gasteiger partial charge in [-0.05, 0) is 30.0 Å². The Morgan fingerprint density at radius 2 is 1.92 bits per heavy atom. The molecule has 2 unspecified atom stereocenters. The Labute approximate surface area is 140 Å². The molecule has 0 saturated heterocycles. The predicted octanol–water partition coefficient (Wildman–Crippen LogP) is 3.60. The number of aliphatic hydroxyl groups is 1. The molecule has 1 amide bonds. The van der Waals surface area contributed by atoms with E-state index in [1.807, 2.05) is 20.8 Å². The third kappa shape index (κ3) is 6.39. The zero-order chi connectivity index (χ0) is 18.5. The van der Waals surface area contributed by atoms with Gasteiger partial charge in [0, 0.05) is 0 Å². The number of carbonyl (C=O) groups is 1. The number of carbonyl (C=O) groups excluding carboxylic acids is 1. The van der Waals surface area contributed by atoms with Crippen LogP contribution in [-0.2, 0) is 4.79 Å². The lowest BCUT2D eigenvalue weighted by atomic mass is 9.87. The van der Waals surface area contributed by atoms with Crippen LogP contribution >= 0.6 is 0 Å². The van der Waals surface area contributed by atoms with E-state index in [1.165, 1.54) is 18.2 Å². The summed E-state index contributed by atoms with van der Waals surface area (Å²) in [4.78, 5) is 12.0. The maximum absolute atomic E-state index is 12.9. The average Bonchev–Trinajstić information content (AvgIpc) is 2.46. The summed E-state index contributed by atoms with van der Waals surface area (Å²) >= 11 is 0. The molecule has 0 saturated carbocycles. The SMILES string of the molecule is C[C@H](NC(=O)CC(O)C(C)(C)C)c1cccc(OC(F)C(F)F)c1. The molecule has 0 spiro atoms. The highest BCUT2D eigenvalue weighted by Crippen LogP contribution is 2.24. The summed E-state index contributed by atoms with van der Waals surface area (Å²) in [6.45, 7) is 7.17. The average molecular weight is 347 g/mol. The highest BCUT2D eigenvalue weighted by Gasteiger charge is 2.25. The van der Waals surface area contributed by atoms with Gasteiger partial charge in [0.05, 0.1) is 18.6 Å². The van der Waals surface area contributed by atoms with Crippen molar-refractivity contribution in [2.75, 3.05) is 0 Å². The number of hydrogen-bond acceptors (Lipinski definition) is 3. The van der Waals surface area contributed by atoms with Crippen molar-refractivity contribution in [1.29, 1.82) is 0 Å². The Hall–Kier alpha value is -1.76. The molecule has 1 aromatic carbocycles. The fraction of sp³-hybridized carbons (Fsp3) is 0.588. The van der Waals surface area contributed by atoms with Gasteiger partial charge in [-0.25, -0.2) is 8.78 Å². The van der Waals surface area contributed by atoms with Crippen LogP contribution < -0.4 is 10.1 Å². The minimum absolute atomic E-state index is 0.0453. The number of halogens is 3. The van der Waals surface area contributed by atoms with Crippen LogP contribution in [0.5, 0.6) is 5.75 Å². The van der Waals surface area contributed by atoms with E-state index < -0.39 is 30.3 Å². The zero-order valence-electron chi connectivity index (χ0n) is 14.2. The van der Waals surface area contributed by atoms with E-state index in [2.05, 4.69) is 10.1 Å². The van der Waals surface area contributed by atoms with Crippen LogP contribution in [0.1, 0.15) is 45.7 Å². The normalized spacial score (nSPS) is 15.7. The topological polar surface area (TPSA) is 58.6 Å². The van der Waals surface area contributed by atoms with Gasteiger partial charge in [0.1, 0.15) is 5.75 Å². The first-order valence-electron chi connectivity index (χ1n) is 7.67. The van der Waals surface area contributed by atoms with Crippen molar-refractivity contribution in [2.24, 2.45) is 5.41 Å². The first-order chi connectivity index (χ1) is 11.0. The van der Waals surface area contributed by atoms with Gasteiger partial charge in [-0.15, -0.1) is 0 Å². The molecule has 0 aliphatic carbocycles. The first-order valence-corrected chi connectivity index (χ1v) is 7.67. The van der Waals surface area contributed by atoms with Gasteiger partial charge < -0.3 is 15.2 Å². The van der Waals surface area contributed by atoms with E-state index >= 15 is 0 Å². The quantitative estimate of drug-likeness (QED) is 0.792. The van der Waals surface area contributed by atoms with E-state index in [-0.39, 0.29) is 18.1 Å². The maximum Gasteiger partial charge on any atom is 0.304 e. The second-order valence-electron chi connectivity index (χ2n) is 6.75. The molecule has 0 fully saturated rings. The fourth-order valence-electron chi connectivity index (χ4n) is 1.90. The van der Waals surface area contributed by atoms with Gasteiger partial charge in [0.15, 0.2) is 0 Å². The Balaban J connectivity index is 2.68. The fourth-order valence-corrected chi connectivity index (χ4v) is 1.90. The van der Waals surface area contributed by atoms with Crippen molar-refractivity contribution >= 4 is 5.91 Å². The molecule has 1 aromatic rings. The summed E-state index contributed by atoms with van der Waals surface area (Å²) in [5, 5.41) is 12.6. The summed E-state index contributed by atoms with van der Waals surface area (Å²) in [6.07, 6.45) is -6.78. The van der Waals surface area contributed by atoms with Gasteiger partial charge in [-0.2, -0.15) is 4.39 Å². The molecule has 4 nitrogen and oxygen atoms in total. The minimum Gasteiger partial charge on any atom is -0.454 e. The molecule has 136 valence electrons. The lowest BCUT2D eigenvalue weighted by Crippen LogP contribution is -2.35. The molecule has 0 aliphatic rings. The molecule has 0 aromatic heterocycles. The molecule has 0 radical (unpaired) electrons. The molecule has 7 heteroatoms. The summed E-state index contributed by atoms with van der Waals surface area (Å²) in [6, 6.07) is 5.48. The standard InChI is InChI=1S/C17H24F3NO3/c1-10(21-14(23)9-13(22)17(2,3)4)11-6-5-7-12(8-11)24-16(20)15(18)19/h5-8,10,13,15-16,22H,9H2,1-4H3,(H,21,23)/t10-,13?,16?/m0/s1. The number of alkyl halides is 3. The van der Waals surface area contributed by atoms with Gasteiger partial charge in [-0.1, -0.05) is 32.9 Å². The Bertz CT molecular complexity index is 546. The lowest BCUT2D eigenvalue weighted by Gasteiger charge is -2.26. The Morgan fingerprint density at radius 3 is 2.46 bits per heavy atom. The van der Waals surface area contributed by atoms with Crippen molar-refractivity contribution in [2.45, 2.75) is 59.0 Å². The van der Waals surface area contributed by atoms with Crippen molar-refractivity contribution in [3.63, 3.8) is 0 Å². The van der Waals surface area contributed by atoms with Crippen molar-refractivity contribution in [3.8, 4) is 5.75 Å². The molecular weight excluding hydrogens is 323 g/mol. The number of aliphatic hydroxyl groups excluding tert-OH is 1. The van der Waals surface area contributed by atoms with E-state index in [0.717, 1.165) is 0 Å². The minimum atomic E-state index is -3.23. The maximum atomic E-state index is 12.9. The Kier molecular flexibility index (Phi) is 7.08. The lowest BCUT2D eigenvalue weighted by molar-refractivity contribution is -0.125. The summed E-state index contributed by atoms with van der Waals surface area (Å²) in [7, 11) is 0. The van der Waals surface area contributed by atoms with Gasteiger partial charge >= 0.3 is 6.43 Å². The number of nitrogens with one attached hydrogen (secondary N) is 1. The molecule has 1 rings (SSSR count). The highest BCUT2D eigenvalue weighted by atomic mass is 19.3. The van der Waals surface area contributed by atoms with Crippen molar-refractivity contribution in [3.05, 3.63) is 29.8 Å². The van der Waals surface area contributed by atoms with Crippen LogP contribution in [0.15, 0.2) is 24.3 Å². The van der Waals surface area contributed by atoms with E-state index in [1.54, 1.807) is 13.0 Å². The summed E-state index contributed by atoms with van der Waals surface area (Å²) in [5.41, 5.74) is 0.160. The van der Waals surface area contributed by atoms with Crippen LogP contribution in [0.3, 0.4) is 0 Å². The van der Waals surface area contributed by atoms with Crippen LogP contribution in [0.4, 0.5) is 13.2 Å². The number of benzene rings is 1. The molecule has 0 heterocycles. The second kappa shape index (κ2) is 8.37. The van der Waals surface area contributed by atoms with Crippen LogP contribution in [-0.4, -0.2) is 29.9 Å².